The lowest BCUT2D eigenvalue weighted by Gasteiger charge is -2.30. The van der Waals surface area contributed by atoms with E-state index < -0.39 is 0 Å². The molecular formula is C15H22N2O2. The van der Waals surface area contributed by atoms with Crippen molar-refractivity contribution >= 4 is 11.4 Å². The summed E-state index contributed by atoms with van der Waals surface area (Å²) < 4.78 is 10.8. The normalized spacial score (nSPS) is 17.1. The molecular weight excluding hydrogens is 240 g/mol. The van der Waals surface area contributed by atoms with Gasteiger partial charge in [-0.15, -0.1) is 0 Å². The van der Waals surface area contributed by atoms with Gasteiger partial charge in [-0.3, -0.25) is 0 Å². The molecule has 0 aromatic heterocycles. The molecule has 0 spiro atoms. The fraction of sp³-hybridized carbons (Fsp3) is 0.467. The first-order valence-electron chi connectivity index (χ1n) is 6.63. The molecule has 1 fully saturated rings. The largest absolute Gasteiger partial charge is 0.378 e. The molecule has 4 nitrogen and oxygen atoms in total. The molecule has 1 aliphatic rings. The highest BCUT2D eigenvalue weighted by Crippen LogP contribution is 2.30. The quantitative estimate of drug-likeness (QED) is 0.884. The predicted octanol–water partition coefficient (Wildman–Crippen LogP) is 2.79. The summed E-state index contributed by atoms with van der Waals surface area (Å²) >= 11 is 0. The van der Waals surface area contributed by atoms with Crippen molar-refractivity contribution in [2.75, 3.05) is 43.6 Å². The third kappa shape index (κ3) is 3.28. The van der Waals surface area contributed by atoms with E-state index in [0.29, 0.717) is 0 Å². The number of hydrogen-bond donors (Lipinski definition) is 1. The van der Waals surface area contributed by atoms with Crippen LogP contribution >= 0.6 is 0 Å². The first-order chi connectivity index (χ1) is 9.26. The first-order valence-corrected chi connectivity index (χ1v) is 6.63. The minimum absolute atomic E-state index is 0.0449. The van der Waals surface area contributed by atoms with Gasteiger partial charge in [-0.1, -0.05) is 6.58 Å². The summed E-state index contributed by atoms with van der Waals surface area (Å²) in [4.78, 5) is 2.34. The van der Waals surface area contributed by atoms with E-state index in [1.807, 2.05) is 6.92 Å². The van der Waals surface area contributed by atoms with Crippen molar-refractivity contribution in [3.8, 4) is 0 Å². The number of benzene rings is 1. The molecule has 0 saturated carbocycles. The van der Waals surface area contributed by atoms with Crippen LogP contribution in [0.15, 0.2) is 31.0 Å². The molecule has 0 aliphatic carbocycles. The van der Waals surface area contributed by atoms with E-state index in [2.05, 4.69) is 35.0 Å². The van der Waals surface area contributed by atoms with Gasteiger partial charge >= 0.3 is 0 Å². The topological polar surface area (TPSA) is 33.7 Å². The van der Waals surface area contributed by atoms with Crippen molar-refractivity contribution in [3.05, 3.63) is 36.5 Å². The first kappa shape index (κ1) is 13.9. The Balaban J connectivity index is 2.28. The van der Waals surface area contributed by atoms with Crippen molar-refractivity contribution in [2.45, 2.75) is 13.0 Å². The molecule has 0 radical (unpaired) electrons. The molecule has 1 heterocycles. The highest BCUT2D eigenvalue weighted by Gasteiger charge is 2.15. The smallest absolute Gasteiger partial charge is 0.0813 e. The molecule has 1 atom stereocenters. The van der Waals surface area contributed by atoms with Crippen LogP contribution < -0.4 is 10.2 Å². The molecule has 0 bridgehead atoms. The van der Waals surface area contributed by atoms with E-state index in [1.54, 1.807) is 13.3 Å². The van der Waals surface area contributed by atoms with Gasteiger partial charge in [0.15, 0.2) is 0 Å². The molecule has 1 N–H and O–H groups in total. The van der Waals surface area contributed by atoms with Crippen LogP contribution in [0.4, 0.5) is 11.4 Å². The zero-order chi connectivity index (χ0) is 13.7. The van der Waals surface area contributed by atoms with Crippen molar-refractivity contribution in [2.24, 2.45) is 0 Å². The van der Waals surface area contributed by atoms with Crippen LogP contribution in [-0.2, 0) is 9.47 Å². The van der Waals surface area contributed by atoms with E-state index in [1.165, 1.54) is 5.69 Å². The summed E-state index contributed by atoms with van der Waals surface area (Å²) in [5.41, 5.74) is 3.41. The molecule has 1 saturated heterocycles. The average molecular weight is 262 g/mol. The van der Waals surface area contributed by atoms with Gasteiger partial charge in [-0.05, 0) is 31.3 Å². The fourth-order valence-corrected chi connectivity index (χ4v) is 2.27. The summed E-state index contributed by atoms with van der Waals surface area (Å²) in [5.74, 6) is 0. The van der Waals surface area contributed by atoms with Crippen molar-refractivity contribution in [3.63, 3.8) is 0 Å². The Kier molecular flexibility index (Phi) is 4.82. The highest BCUT2D eigenvalue weighted by atomic mass is 16.5. The third-order valence-electron chi connectivity index (χ3n) is 3.46. The second-order valence-corrected chi connectivity index (χ2v) is 4.60. The standard InChI is InChI=1S/C15H22N2O2/c1-4-16-15-6-5-13(11-14(15)12(2)18-3)17-7-9-19-10-8-17/h4-6,11-12,16H,1,7-10H2,2-3H3. The number of morpholine rings is 1. The van der Waals surface area contributed by atoms with E-state index in [-0.39, 0.29) is 6.10 Å². The minimum atomic E-state index is 0.0449. The third-order valence-corrected chi connectivity index (χ3v) is 3.46. The van der Waals surface area contributed by atoms with Crippen LogP contribution in [0.1, 0.15) is 18.6 Å². The van der Waals surface area contributed by atoms with Crippen molar-refractivity contribution in [1.82, 2.24) is 0 Å². The van der Waals surface area contributed by atoms with Gasteiger partial charge in [0, 0.05) is 37.1 Å². The molecule has 1 aliphatic heterocycles. The Morgan fingerprint density at radius 1 is 1.42 bits per heavy atom. The SMILES string of the molecule is C=CNc1ccc(N2CCOCC2)cc1C(C)OC. The van der Waals surface area contributed by atoms with Crippen LogP contribution in [0.5, 0.6) is 0 Å². The monoisotopic (exact) mass is 262 g/mol. The van der Waals surface area contributed by atoms with Crippen LogP contribution in [0.3, 0.4) is 0 Å². The number of hydrogen-bond acceptors (Lipinski definition) is 4. The van der Waals surface area contributed by atoms with E-state index >= 15 is 0 Å². The maximum Gasteiger partial charge on any atom is 0.0813 e. The summed E-state index contributed by atoms with van der Waals surface area (Å²) in [7, 11) is 1.73. The van der Waals surface area contributed by atoms with Crippen LogP contribution in [0.2, 0.25) is 0 Å². The maximum absolute atomic E-state index is 5.45. The molecule has 4 heteroatoms. The van der Waals surface area contributed by atoms with Gasteiger partial charge < -0.3 is 19.7 Å². The Morgan fingerprint density at radius 2 is 2.16 bits per heavy atom. The molecule has 19 heavy (non-hydrogen) atoms. The van der Waals surface area contributed by atoms with Crippen molar-refractivity contribution in [1.29, 1.82) is 0 Å². The number of methoxy groups -OCH3 is 1. The lowest BCUT2D eigenvalue weighted by Crippen LogP contribution is -2.36. The number of anilines is 2. The number of nitrogens with zero attached hydrogens (tertiary/aromatic N) is 1. The number of nitrogens with one attached hydrogen (secondary N) is 1. The second kappa shape index (κ2) is 6.59. The predicted molar refractivity (Wildman–Crippen MR) is 78.7 cm³/mol. The van der Waals surface area contributed by atoms with Gasteiger partial charge in [0.1, 0.15) is 0 Å². The molecule has 2 rings (SSSR count). The van der Waals surface area contributed by atoms with Crippen LogP contribution in [0, 0.1) is 0 Å². The number of ether oxygens (including phenoxy) is 2. The molecule has 1 aromatic rings. The zero-order valence-electron chi connectivity index (χ0n) is 11.7. The van der Waals surface area contributed by atoms with Gasteiger partial charge in [0.25, 0.3) is 0 Å². The summed E-state index contributed by atoms with van der Waals surface area (Å²) in [5, 5.41) is 3.16. The van der Waals surface area contributed by atoms with E-state index in [0.717, 1.165) is 37.6 Å². The second-order valence-electron chi connectivity index (χ2n) is 4.60. The summed E-state index contributed by atoms with van der Waals surface area (Å²) in [6.07, 6.45) is 1.73. The average Bonchev–Trinajstić information content (AvgIpc) is 2.48. The van der Waals surface area contributed by atoms with Crippen molar-refractivity contribution < 1.29 is 9.47 Å². The minimum Gasteiger partial charge on any atom is -0.378 e. The zero-order valence-corrected chi connectivity index (χ0v) is 11.7. The lowest BCUT2D eigenvalue weighted by molar-refractivity contribution is 0.119. The molecule has 1 unspecified atom stereocenters. The number of rotatable bonds is 5. The van der Waals surface area contributed by atoms with Crippen LogP contribution in [-0.4, -0.2) is 33.4 Å². The lowest BCUT2D eigenvalue weighted by atomic mass is 10.1. The summed E-state index contributed by atoms with van der Waals surface area (Å²) in [6.45, 7) is 9.23. The molecule has 1 aromatic carbocycles. The Morgan fingerprint density at radius 3 is 2.79 bits per heavy atom. The highest BCUT2D eigenvalue weighted by molar-refractivity contribution is 5.62. The Labute approximate surface area is 115 Å². The Hall–Kier alpha value is -1.52. The van der Waals surface area contributed by atoms with Crippen LogP contribution in [0.25, 0.3) is 0 Å². The Bertz CT molecular complexity index is 428. The molecule has 0 amide bonds. The van der Waals surface area contributed by atoms with Gasteiger partial charge in [-0.25, -0.2) is 0 Å². The maximum atomic E-state index is 5.45. The van der Waals surface area contributed by atoms with Gasteiger partial charge in [0.05, 0.1) is 19.3 Å². The van der Waals surface area contributed by atoms with Gasteiger partial charge in [0.2, 0.25) is 0 Å². The molecule has 104 valence electrons. The fourth-order valence-electron chi connectivity index (χ4n) is 2.27. The van der Waals surface area contributed by atoms with Gasteiger partial charge in [-0.2, -0.15) is 0 Å². The summed E-state index contributed by atoms with van der Waals surface area (Å²) in [6, 6.07) is 6.39. The van der Waals surface area contributed by atoms with E-state index in [9.17, 15) is 0 Å². The van der Waals surface area contributed by atoms with E-state index in [4.69, 9.17) is 9.47 Å².